The number of hydrogen-bond acceptors (Lipinski definition) is 7. The molecule has 0 bridgehead atoms. The Labute approximate surface area is 222 Å². The maximum absolute atomic E-state index is 12.9. The van der Waals surface area contributed by atoms with E-state index in [-0.39, 0.29) is 0 Å². The van der Waals surface area contributed by atoms with E-state index in [1.54, 1.807) is 16.4 Å². The number of esters is 1. The molecule has 0 spiro atoms. The summed E-state index contributed by atoms with van der Waals surface area (Å²) in [5.74, 6) is 1.69. The number of carbonyl (C=O) groups excluding carboxylic acids is 1. The second kappa shape index (κ2) is 11.5. The zero-order valence-electron chi connectivity index (χ0n) is 19.7. The molecular formula is C25H26BrClN4O3S. The highest BCUT2D eigenvalue weighted by Crippen LogP contribution is 2.41. The van der Waals surface area contributed by atoms with E-state index in [0.29, 0.717) is 39.8 Å². The van der Waals surface area contributed by atoms with Crippen molar-refractivity contribution in [2.24, 2.45) is 0 Å². The summed E-state index contributed by atoms with van der Waals surface area (Å²) in [5.41, 5.74) is 2.86. The number of thioether (sulfide) groups is 1. The molecule has 0 amide bonds. The van der Waals surface area contributed by atoms with Gasteiger partial charge < -0.3 is 14.8 Å². The molecule has 2 aromatic carbocycles. The summed E-state index contributed by atoms with van der Waals surface area (Å²) >= 11 is 11.2. The lowest BCUT2D eigenvalue weighted by Crippen LogP contribution is -2.29. The van der Waals surface area contributed by atoms with Crippen molar-refractivity contribution in [3.63, 3.8) is 0 Å². The van der Waals surface area contributed by atoms with Crippen LogP contribution in [0, 0.1) is 0 Å². The molecule has 0 saturated heterocycles. The fraction of sp³-hybridized carbons (Fsp3) is 0.320. The molecule has 0 aliphatic carbocycles. The van der Waals surface area contributed by atoms with Crippen LogP contribution in [-0.4, -0.2) is 33.6 Å². The third-order valence-corrected chi connectivity index (χ3v) is 7.21. The van der Waals surface area contributed by atoms with Crippen molar-refractivity contribution in [2.45, 2.75) is 44.5 Å². The molecule has 0 fully saturated rings. The number of hydrogen-bond donors (Lipinski definition) is 1. The largest absolute Gasteiger partial charge is 0.489 e. The number of halogens is 2. The second-order valence-corrected chi connectivity index (χ2v) is 10.4. The lowest BCUT2D eigenvalue weighted by atomic mass is 9.95. The minimum atomic E-state index is -0.579. The molecule has 0 saturated carbocycles. The van der Waals surface area contributed by atoms with Gasteiger partial charge in [0.1, 0.15) is 18.4 Å². The Morgan fingerprint density at radius 1 is 1.26 bits per heavy atom. The maximum atomic E-state index is 12.9. The summed E-state index contributed by atoms with van der Waals surface area (Å²) in [7, 11) is 1.38. The molecule has 10 heteroatoms. The smallest absolute Gasteiger partial charge is 0.338 e. The van der Waals surface area contributed by atoms with Gasteiger partial charge in [-0.2, -0.15) is 4.98 Å². The van der Waals surface area contributed by atoms with Crippen LogP contribution in [0.1, 0.15) is 43.9 Å². The Morgan fingerprint density at radius 2 is 2.03 bits per heavy atom. The minimum Gasteiger partial charge on any atom is -0.489 e. The predicted octanol–water partition coefficient (Wildman–Crippen LogP) is 6.63. The number of ether oxygens (including phenoxy) is 2. The SMILES string of the molecule is CCCCSc1nc2n(n1)C(c1cc(Br)ccc1OCc1ccc(Cl)cc1)C(C(=O)OC)=C(C)N2. The lowest BCUT2D eigenvalue weighted by Gasteiger charge is -2.29. The van der Waals surface area contributed by atoms with Gasteiger partial charge in [0.2, 0.25) is 11.1 Å². The molecule has 1 unspecified atom stereocenters. The molecule has 1 atom stereocenters. The number of nitrogens with zero attached hydrogens (tertiary/aromatic N) is 3. The van der Waals surface area contributed by atoms with Crippen LogP contribution in [0.15, 0.2) is 63.4 Å². The van der Waals surface area contributed by atoms with Crippen molar-refractivity contribution in [3.05, 3.63) is 74.4 Å². The molecule has 4 rings (SSSR count). The number of aromatic nitrogens is 3. The maximum Gasteiger partial charge on any atom is 0.338 e. The van der Waals surface area contributed by atoms with E-state index in [4.69, 9.17) is 26.2 Å². The van der Waals surface area contributed by atoms with E-state index < -0.39 is 12.0 Å². The van der Waals surface area contributed by atoms with Gasteiger partial charge in [0.05, 0.1) is 12.7 Å². The van der Waals surface area contributed by atoms with Gasteiger partial charge in [-0.05, 0) is 49.2 Å². The van der Waals surface area contributed by atoms with Crippen molar-refractivity contribution in [2.75, 3.05) is 18.2 Å². The molecule has 0 radical (unpaired) electrons. The lowest BCUT2D eigenvalue weighted by molar-refractivity contribution is -0.136. The number of rotatable bonds is 9. The van der Waals surface area contributed by atoms with E-state index >= 15 is 0 Å². The highest BCUT2D eigenvalue weighted by atomic mass is 79.9. The molecule has 1 aromatic heterocycles. The molecule has 3 aromatic rings. The first-order valence-electron chi connectivity index (χ1n) is 11.2. The summed E-state index contributed by atoms with van der Waals surface area (Å²) in [6.45, 7) is 4.33. The van der Waals surface area contributed by atoms with Gasteiger partial charge in [0, 0.05) is 26.5 Å². The highest BCUT2D eigenvalue weighted by Gasteiger charge is 2.36. The average Bonchev–Trinajstić information content (AvgIpc) is 3.25. The Balaban J connectivity index is 1.76. The molecule has 2 heterocycles. The predicted molar refractivity (Wildman–Crippen MR) is 142 cm³/mol. The van der Waals surface area contributed by atoms with Crippen LogP contribution in [0.25, 0.3) is 0 Å². The first-order valence-corrected chi connectivity index (χ1v) is 13.4. The minimum absolute atomic E-state index is 0.343. The van der Waals surface area contributed by atoms with Crippen LogP contribution in [-0.2, 0) is 16.1 Å². The van der Waals surface area contributed by atoms with Crippen LogP contribution in [0.3, 0.4) is 0 Å². The van der Waals surface area contributed by atoms with Gasteiger partial charge in [-0.3, -0.25) is 0 Å². The summed E-state index contributed by atoms with van der Waals surface area (Å²) in [4.78, 5) is 17.6. The zero-order valence-corrected chi connectivity index (χ0v) is 22.8. The monoisotopic (exact) mass is 576 g/mol. The van der Waals surface area contributed by atoms with Crippen LogP contribution in [0.5, 0.6) is 5.75 Å². The van der Waals surface area contributed by atoms with Gasteiger partial charge in [-0.25, -0.2) is 9.48 Å². The fourth-order valence-electron chi connectivity index (χ4n) is 3.77. The summed E-state index contributed by atoms with van der Waals surface area (Å²) in [6, 6.07) is 12.7. The Kier molecular flexibility index (Phi) is 8.41. The van der Waals surface area contributed by atoms with E-state index in [0.717, 1.165) is 34.2 Å². The highest BCUT2D eigenvalue weighted by molar-refractivity contribution is 9.10. The fourth-order valence-corrected chi connectivity index (χ4v) is 5.19. The topological polar surface area (TPSA) is 78.3 Å². The molecule has 1 N–H and O–H groups in total. The Bertz CT molecular complexity index is 1250. The van der Waals surface area contributed by atoms with Crippen LogP contribution < -0.4 is 10.1 Å². The summed E-state index contributed by atoms with van der Waals surface area (Å²) in [5, 5.41) is 9.31. The quantitative estimate of drug-likeness (QED) is 0.174. The van der Waals surface area contributed by atoms with Crippen LogP contribution >= 0.6 is 39.3 Å². The second-order valence-electron chi connectivity index (χ2n) is 8.02. The van der Waals surface area contributed by atoms with E-state index in [1.807, 2.05) is 49.4 Å². The first-order chi connectivity index (χ1) is 16.9. The average molecular weight is 578 g/mol. The molecule has 1 aliphatic rings. The molecule has 7 nitrogen and oxygen atoms in total. The third kappa shape index (κ3) is 5.85. The van der Waals surface area contributed by atoms with Crippen LogP contribution in [0.2, 0.25) is 5.02 Å². The van der Waals surface area contributed by atoms with E-state index in [2.05, 4.69) is 33.2 Å². The van der Waals surface area contributed by atoms with Crippen molar-refractivity contribution in [1.29, 1.82) is 0 Å². The Hall–Kier alpha value is -2.49. The molecule has 35 heavy (non-hydrogen) atoms. The van der Waals surface area contributed by atoms with Crippen molar-refractivity contribution in [1.82, 2.24) is 14.8 Å². The summed E-state index contributed by atoms with van der Waals surface area (Å²) < 4.78 is 14.0. The number of nitrogens with one attached hydrogen (secondary N) is 1. The number of methoxy groups -OCH3 is 1. The first kappa shape index (κ1) is 25.6. The summed E-state index contributed by atoms with van der Waals surface area (Å²) in [6.07, 6.45) is 2.17. The number of allylic oxidation sites excluding steroid dienone is 1. The number of unbranched alkanes of at least 4 members (excludes halogenated alkanes) is 1. The van der Waals surface area contributed by atoms with Gasteiger partial charge >= 0.3 is 5.97 Å². The van der Waals surface area contributed by atoms with Crippen molar-refractivity contribution in [3.8, 4) is 5.75 Å². The third-order valence-electron chi connectivity index (χ3n) is 5.54. The van der Waals surface area contributed by atoms with Crippen LogP contribution in [0.4, 0.5) is 5.95 Å². The number of fused-ring (bicyclic) bond motifs is 1. The number of anilines is 1. The molecule has 184 valence electrons. The van der Waals surface area contributed by atoms with Gasteiger partial charge in [0.15, 0.2) is 0 Å². The van der Waals surface area contributed by atoms with Gasteiger partial charge in [-0.15, -0.1) is 5.10 Å². The standard InChI is InChI=1S/C25H26BrClN4O3S/c1-4-5-12-35-25-29-24-28-15(2)21(23(32)33-3)22(31(24)30-25)19-13-17(26)8-11-20(19)34-14-16-6-9-18(27)10-7-16/h6-11,13,22H,4-5,12,14H2,1-3H3,(H,28,29,30). The number of benzene rings is 2. The zero-order chi connectivity index (χ0) is 24.9. The normalized spacial score (nSPS) is 14.9. The van der Waals surface area contributed by atoms with E-state index in [1.165, 1.54) is 7.11 Å². The molecular weight excluding hydrogens is 552 g/mol. The van der Waals surface area contributed by atoms with E-state index in [9.17, 15) is 4.79 Å². The van der Waals surface area contributed by atoms with Gasteiger partial charge in [-0.1, -0.05) is 64.8 Å². The van der Waals surface area contributed by atoms with Gasteiger partial charge in [0.25, 0.3) is 0 Å². The molecule has 1 aliphatic heterocycles. The van der Waals surface area contributed by atoms with Crippen molar-refractivity contribution < 1.29 is 14.3 Å². The number of carbonyl (C=O) groups is 1. The van der Waals surface area contributed by atoms with Crippen molar-refractivity contribution >= 4 is 51.2 Å². The Morgan fingerprint density at radius 3 is 2.74 bits per heavy atom.